The van der Waals surface area contributed by atoms with Gasteiger partial charge in [-0.05, 0) is 61.3 Å². The lowest BCUT2D eigenvalue weighted by Gasteiger charge is -2.13. The van der Waals surface area contributed by atoms with E-state index in [2.05, 4.69) is 31.4 Å². The molecule has 0 bridgehead atoms. The van der Waals surface area contributed by atoms with Gasteiger partial charge in [0.15, 0.2) is 11.5 Å². The zero-order valence-corrected chi connectivity index (χ0v) is 16.6. The van der Waals surface area contributed by atoms with E-state index in [0.717, 1.165) is 22.5 Å². The van der Waals surface area contributed by atoms with Crippen molar-refractivity contribution in [1.29, 1.82) is 0 Å². The third kappa shape index (κ3) is 4.22. The third-order valence-corrected chi connectivity index (χ3v) is 4.33. The first kappa shape index (κ1) is 19.1. The lowest BCUT2D eigenvalue weighted by Crippen LogP contribution is -2.20. The van der Waals surface area contributed by atoms with Gasteiger partial charge in [-0.3, -0.25) is 4.79 Å². The van der Waals surface area contributed by atoms with E-state index in [0.29, 0.717) is 28.1 Å². The van der Waals surface area contributed by atoms with Crippen molar-refractivity contribution in [2.75, 3.05) is 13.7 Å². The summed E-state index contributed by atoms with van der Waals surface area (Å²) in [7, 11) is 1.53. The van der Waals surface area contributed by atoms with E-state index in [1.807, 2.05) is 33.9 Å². The number of rotatable bonds is 6. The van der Waals surface area contributed by atoms with Crippen molar-refractivity contribution in [3.63, 3.8) is 0 Å². The molecule has 0 unspecified atom stereocenters. The molecule has 0 spiro atoms. The number of hydrogen-bond donors (Lipinski definition) is 2. The standard InChI is InChI=1S/C18H22BrN3O3/c1-6-25-17-14(19)7-13(8-15(17)24-5)18(23)22-21-12(4)16-10(2)9-20-11(16)3/h7-9,20H,6H2,1-5H3,(H,22,23)/b21-12+. The average molecular weight is 408 g/mol. The lowest BCUT2D eigenvalue weighted by molar-refractivity contribution is 0.0954. The number of benzene rings is 1. The number of amides is 1. The molecule has 0 radical (unpaired) electrons. The van der Waals surface area contributed by atoms with Gasteiger partial charge in [-0.25, -0.2) is 5.43 Å². The topological polar surface area (TPSA) is 75.7 Å². The molecule has 1 heterocycles. The number of carbonyl (C=O) groups is 1. The fourth-order valence-corrected chi connectivity index (χ4v) is 3.16. The molecule has 0 fully saturated rings. The molecule has 25 heavy (non-hydrogen) atoms. The number of carbonyl (C=O) groups excluding carboxylic acids is 1. The Hall–Kier alpha value is -2.28. The van der Waals surface area contributed by atoms with Gasteiger partial charge in [0.2, 0.25) is 0 Å². The van der Waals surface area contributed by atoms with E-state index < -0.39 is 0 Å². The zero-order chi connectivity index (χ0) is 18.6. The number of H-pyrrole nitrogens is 1. The molecule has 0 aliphatic carbocycles. The molecule has 0 aliphatic rings. The number of hydrogen-bond acceptors (Lipinski definition) is 4. The maximum Gasteiger partial charge on any atom is 0.271 e. The van der Waals surface area contributed by atoms with Crippen LogP contribution in [0.2, 0.25) is 0 Å². The Kier molecular flexibility index (Phi) is 6.25. The second-order valence-corrected chi connectivity index (χ2v) is 6.39. The number of hydrazone groups is 1. The van der Waals surface area contributed by atoms with Gasteiger partial charge in [-0.2, -0.15) is 5.10 Å². The summed E-state index contributed by atoms with van der Waals surface area (Å²) in [5.74, 6) is 0.728. The Morgan fingerprint density at radius 2 is 2.08 bits per heavy atom. The first-order valence-electron chi connectivity index (χ1n) is 7.88. The maximum absolute atomic E-state index is 12.4. The predicted octanol–water partition coefficient (Wildman–Crippen LogP) is 3.96. The molecule has 0 aliphatic heterocycles. The van der Waals surface area contributed by atoms with Gasteiger partial charge in [0, 0.05) is 23.0 Å². The predicted molar refractivity (Wildman–Crippen MR) is 102 cm³/mol. The minimum Gasteiger partial charge on any atom is -0.493 e. The van der Waals surface area contributed by atoms with Crippen LogP contribution in [0.15, 0.2) is 27.9 Å². The van der Waals surface area contributed by atoms with E-state index in [9.17, 15) is 4.79 Å². The normalized spacial score (nSPS) is 11.4. The molecular weight excluding hydrogens is 386 g/mol. The van der Waals surface area contributed by atoms with Crippen molar-refractivity contribution in [3.8, 4) is 11.5 Å². The summed E-state index contributed by atoms with van der Waals surface area (Å²) in [5.41, 5.74) is 6.85. The lowest BCUT2D eigenvalue weighted by atomic mass is 10.1. The number of aryl methyl sites for hydroxylation is 2. The number of nitrogens with zero attached hydrogens (tertiary/aromatic N) is 1. The monoisotopic (exact) mass is 407 g/mol. The molecule has 0 atom stereocenters. The van der Waals surface area contributed by atoms with Gasteiger partial charge in [-0.15, -0.1) is 0 Å². The fourth-order valence-electron chi connectivity index (χ4n) is 2.60. The summed E-state index contributed by atoms with van der Waals surface area (Å²) in [6.07, 6.45) is 1.92. The summed E-state index contributed by atoms with van der Waals surface area (Å²) in [6.45, 7) is 8.21. The Balaban J connectivity index is 2.24. The Morgan fingerprint density at radius 1 is 1.36 bits per heavy atom. The maximum atomic E-state index is 12.4. The molecule has 7 heteroatoms. The van der Waals surface area contributed by atoms with Crippen LogP contribution in [0.4, 0.5) is 0 Å². The molecular formula is C18H22BrN3O3. The highest BCUT2D eigenvalue weighted by atomic mass is 79.9. The SMILES string of the molecule is CCOc1c(Br)cc(C(=O)N/N=C(\C)c2c(C)c[nH]c2C)cc1OC. The van der Waals surface area contributed by atoms with Crippen LogP contribution < -0.4 is 14.9 Å². The highest BCUT2D eigenvalue weighted by molar-refractivity contribution is 9.10. The molecule has 1 amide bonds. The molecule has 1 aromatic carbocycles. The van der Waals surface area contributed by atoms with Crippen molar-refractivity contribution >= 4 is 27.5 Å². The van der Waals surface area contributed by atoms with Crippen LogP contribution in [0.25, 0.3) is 0 Å². The van der Waals surface area contributed by atoms with Gasteiger partial charge in [-0.1, -0.05) is 0 Å². The van der Waals surface area contributed by atoms with Gasteiger partial charge >= 0.3 is 0 Å². The van der Waals surface area contributed by atoms with Crippen LogP contribution in [-0.2, 0) is 0 Å². The molecule has 2 N–H and O–H groups in total. The number of halogens is 1. The van der Waals surface area contributed by atoms with Crippen LogP contribution in [0.3, 0.4) is 0 Å². The van der Waals surface area contributed by atoms with Crippen LogP contribution in [0, 0.1) is 13.8 Å². The number of nitrogens with one attached hydrogen (secondary N) is 2. The Labute approximate surface area is 155 Å². The van der Waals surface area contributed by atoms with E-state index in [1.165, 1.54) is 7.11 Å². The number of methoxy groups -OCH3 is 1. The average Bonchev–Trinajstić information content (AvgIpc) is 2.92. The number of aromatic nitrogens is 1. The minimum absolute atomic E-state index is 0.327. The van der Waals surface area contributed by atoms with E-state index in [-0.39, 0.29) is 5.91 Å². The molecule has 0 saturated carbocycles. The van der Waals surface area contributed by atoms with Crippen LogP contribution in [-0.4, -0.2) is 30.3 Å². The van der Waals surface area contributed by atoms with Crippen molar-refractivity contribution in [2.24, 2.45) is 5.10 Å². The van der Waals surface area contributed by atoms with Gasteiger partial charge in [0.05, 0.1) is 23.9 Å². The molecule has 2 aromatic rings. The second kappa shape index (κ2) is 8.20. The van der Waals surface area contributed by atoms with Crippen molar-refractivity contribution < 1.29 is 14.3 Å². The smallest absolute Gasteiger partial charge is 0.271 e. The third-order valence-electron chi connectivity index (χ3n) is 3.74. The van der Waals surface area contributed by atoms with Crippen molar-refractivity contribution in [3.05, 3.63) is 45.2 Å². The Bertz CT molecular complexity index is 793. The quantitative estimate of drug-likeness (QED) is 0.561. The molecule has 1 aromatic heterocycles. The van der Waals surface area contributed by atoms with Crippen molar-refractivity contribution in [2.45, 2.75) is 27.7 Å². The minimum atomic E-state index is -0.327. The fraction of sp³-hybridized carbons (Fsp3) is 0.333. The largest absolute Gasteiger partial charge is 0.493 e. The van der Waals surface area contributed by atoms with Crippen molar-refractivity contribution in [1.82, 2.24) is 10.4 Å². The summed E-state index contributed by atoms with van der Waals surface area (Å²) < 4.78 is 11.5. The summed E-state index contributed by atoms with van der Waals surface area (Å²) in [4.78, 5) is 15.6. The highest BCUT2D eigenvalue weighted by Crippen LogP contribution is 2.36. The van der Waals surface area contributed by atoms with E-state index >= 15 is 0 Å². The van der Waals surface area contributed by atoms with E-state index in [4.69, 9.17) is 9.47 Å². The molecule has 0 saturated heterocycles. The number of ether oxygens (including phenoxy) is 2. The highest BCUT2D eigenvalue weighted by Gasteiger charge is 2.15. The Morgan fingerprint density at radius 3 is 2.64 bits per heavy atom. The summed E-state index contributed by atoms with van der Waals surface area (Å²) in [6, 6.07) is 3.31. The van der Waals surface area contributed by atoms with E-state index in [1.54, 1.807) is 12.1 Å². The second-order valence-electron chi connectivity index (χ2n) is 5.53. The van der Waals surface area contributed by atoms with Gasteiger partial charge < -0.3 is 14.5 Å². The molecule has 2 rings (SSSR count). The van der Waals surface area contributed by atoms with Gasteiger partial charge in [0.1, 0.15) is 0 Å². The summed E-state index contributed by atoms with van der Waals surface area (Å²) in [5, 5.41) is 4.22. The van der Waals surface area contributed by atoms with Gasteiger partial charge in [0.25, 0.3) is 5.91 Å². The summed E-state index contributed by atoms with van der Waals surface area (Å²) >= 11 is 3.41. The van der Waals surface area contributed by atoms with Crippen LogP contribution in [0.1, 0.15) is 41.0 Å². The first-order chi connectivity index (χ1) is 11.9. The van der Waals surface area contributed by atoms with Crippen LogP contribution in [0.5, 0.6) is 11.5 Å². The number of aromatic amines is 1. The van der Waals surface area contributed by atoms with Crippen LogP contribution >= 0.6 is 15.9 Å². The zero-order valence-electron chi connectivity index (χ0n) is 15.0. The molecule has 134 valence electrons. The molecule has 6 nitrogen and oxygen atoms in total. The first-order valence-corrected chi connectivity index (χ1v) is 8.68.